The van der Waals surface area contributed by atoms with Crippen molar-refractivity contribution in [3.05, 3.63) is 83.0 Å². The number of carboxylic acid groups (broad SMARTS) is 1. The Bertz CT molecular complexity index is 1250. The molecule has 0 fully saturated rings. The highest BCUT2D eigenvalue weighted by Gasteiger charge is 2.30. The lowest BCUT2D eigenvalue weighted by atomic mass is 10.1. The molecular formula is C25H27FN2O5S. The van der Waals surface area contributed by atoms with Crippen molar-refractivity contribution in [1.29, 1.82) is 0 Å². The molecule has 34 heavy (non-hydrogen) atoms. The summed E-state index contributed by atoms with van der Waals surface area (Å²) in [6, 6.07) is 14.3. The summed E-state index contributed by atoms with van der Waals surface area (Å²) in [6.45, 7) is 4.68. The van der Waals surface area contributed by atoms with E-state index in [0.29, 0.717) is 11.3 Å². The molecule has 0 saturated heterocycles. The van der Waals surface area contributed by atoms with E-state index in [9.17, 15) is 17.6 Å². The van der Waals surface area contributed by atoms with E-state index in [4.69, 9.17) is 9.84 Å². The molecule has 1 heterocycles. The average molecular weight is 487 g/mol. The van der Waals surface area contributed by atoms with Crippen LogP contribution in [-0.4, -0.2) is 37.7 Å². The van der Waals surface area contributed by atoms with Gasteiger partial charge in [-0.25, -0.2) is 9.78 Å². The molecule has 0 unspecified atom stereocenters. The van der Waals surface area contributed by atoms with E-state index in [1.807, 2.05) is 13.8 Å². The van der Waals surface area contributed by atoms with Gasteiger partial charge in [0.2, 0.25) is 0 Å². The van der Waals surface area contributed by atoms with Crippen molar-refractivity contribution in [2.24, 2.45) is 5.92 Å². The van der Waals surface area contributed by atoms with E-state index < -0.39 is 28.6 Å². The number of pyridine rings is 1. The zero-order chi connectivity index (χ0) is 24.9. The number of benzene rings is 2. The van der Waals surface area contributed by atoms with Crippen molar-refractivity contribution in [3.8, 4) is 5.75 Å². The maximum Gasteiger partial charge on any atom is 0.335 e. The molecule has 0 aliphatic heterocycles. The Labute approximate surface area is 198 Å². The summed E-state index contributed by atoms with van der Waals surface area (Å²) < 4.78 is 47.7. The van der Waals surface area contributed by atoms with Gasteiger partial charge in [-0.1, -0.05) is 25.1 Å². The average Bonchev–Trinajstić information content (AvgIpc) is 2.83. The van der Waals surface area contributed by atoms with E-state index in [1.165, 1.54) is 24.4 Å². The van der Waals surface area contributed by atoms with Crippen LogP contribution in [0.4, 0.5) is 10.1 Å². The summed E-state index contributed by atoms with van der Waals surface area (Å²) >= 11 is 0. The lowest BCUT2D eigenvalue weighted by molar-refractivity contribution is 0.0697. The number of carbonyl (C=O) groups is 1. The van der Waals surface area contributed by atoms with Crippen molar-refractivity contribution in [3.63, 3.8) is 0 Å². The Hall–Kier alpha value is -3.46. The molecule has 1 atom stereocenters. The van der Waals surface area contributed by atoms with Gasteiger partial charge in [0.25, 0.3) is 10.0 Å². The summed E-state index contributed by atoms with van der Waals surface area (Å²) in [5.41, 5.74) is 2.90. The normalized spacial score (nSPS) is 12.2. The number of rotatable bonds is 10. The number of anilines is 1. The minimum atomic E-state index is -4.10. The van der Waals surface area contributed by atoms with Gasteiger partial charge >= 0.3 is 5.97 Å². The first-order valence-electron chi connectivity index (χ1n) is 10.7. The van der Waals surface area contributed by atoms with Crippen LogP contribution in [0.2, 0.25) is 0 Å². The standard InChI is InChI=1S/C25H27FN2O5S/c1-17(14-26)15-28(34(31,32)24-6-4-5-11-27-24)22-12-18(2)19(3)13-23(22)33-16-20-7-9-21(10-8-20)25(29)30/h4-13,17H,14-16H2,1-3H3,(H,29,30)/t17-/m1/s1. The molecule has 180 valence electrons. The minimum Gasteiger partial charge on any atom is -0.487 e. The van der Waals surface area contributed by atoms with Crippen LogP contribution in [-0.2, 0) is 16.6 Å². The molecule has 0 saturated carbocycles. The largest absolute Gasteiger partial charge is 0.487 e. The van der Waals surface area contributed by atoms with E-state index in [0.717, 1.165) is 15.4 Å². The maximum atomic E-state index is 13.5. The molecule has 1 N–H and O–H groups in total. The SMILES string of the molecule is Cc1cc(OCc2ccc(C(=O)O)cc2)c(N(C[C@H](C)CF)S(=O)(=O)c2ccccn2)cc1C. The van der Waals surface area contributed by atoms with Crippen molar-refractivity contribution < 1.29 is 27.4 Å². The Morgan fingerprint density at radius 3 is 2.38 bits per heavy atom. The number of halogens is 1. The third-order valence-corrected chi connectivity index (χ3v) is 7.07. The number of ether oxygens (including phenoxy) is 1. The molecule has 0 radical (unpaired) electrons. The molecular weight excluding hydrogens is 459 g/mol. The summed E-state index contributed by atoms with van der Waals surface area (Å²) in [5, 5.41) is 8.93. The minimum absolute atomic E-state index is 0.0888. The van der Waals surface area contributed by atoms with E-state index in [-0.39, 0.29) is 29.4 Å². The molecule has 7 nitrogen and oxygen atoms in total. The smallest absolute Gasteiger partial charge is 0.335 e. The number of hydrogen-bond donors (Lipinski definition) is 1. The second-order valence-electron chi connectivity index (χ2n) is 8.16. The van der Waals surface area contributed by atoms with Crippen LogP contribution in [0.1, 0.15) is 34.0 Å². The van der Waals surface area contributed by atoms with Gasteiger partial charge in [0.1, 0.15) is 12.4 Å². The predicted molar refractivity (Wildman–Crippen MR) is 128 cm³/mol. The maximum absolute atomic E-state index is 13.5. The fourth-order valence-electron chi connectivity index (χ4n) is 3.26. The van der Waals surface area contributed by atoms with E-state index in [1.54, 1.807) is 43.3 Å². The number of alkyl halides is 1. The first-order valence-corrected chi connectivity index (χ1v) is 12.1. The van der Waals surface area contributed by atoms with Crippen LogP contribution < -0.4 is 9.04 Å². The summed E-state index contributed by atoms with van der Waals surface area (Å²) in [6.07, 6.45) is 1.39. The Balaban J connectivity index is 2.03. The molecule has 3 rings (SSSR count). The number of aromatic carboxylic acids is 1. The lowest BCUT2D eigenvalue weighted by Crippen LogP contribution is -2.36. The summed E-state index contributed by atoms with van der Waals surface area (Å²) in [7, 11) is -4.10. The highest BCUT2D eigenvalue weighted by atomic mass is 32.2. The van der Waals surface area contributed by atoms with Crippen molar-refractivity contribution in [2.45, 2.75) is 32.4 Å². The second kappa shape index (κ2) is 10.6. The monoisotopic (exact) mass is 486 g/mol. The zero-order valence-corrected chi connectivity index (χ0v) is 20.0. The second-order valence-corrected chi connectivity index (χ2v) is 9.97. The van der Waals surface area contributed by atoms with Crippen LogP contribution >= 0.6 is 0 Å². The van der Waals surface area contributed by atoms with Gasteiger partial charge in [0, 0.05) is 18.7 Å². The highest BCUT2D eigenvalue weighted by Crippen LogP contribution is 2.36. The van der Waals surface area contributed by atoms with E-state index >= 15 is 0 Å². The highest BCUT2D eigenvalue weighted by molar-refractivity contribution is 7.92. The fourth-order valence-corrected chi connectivity index (χ4v) is 4.78. The van der Waals surface area contributed by atoms with Gasteiger partial charge < -0.3 is 9.84 Å². The molecule has 3 aromatic rings. The third kappa shape index (κ3) is 5.72. The number of nitrogens with zero attached hydrogens (tertiary/aromatic N) is 2. The van der Waals surface area contributed by atoms with Crippen LogP contribution in [0.15, 0.2) is 65.8 Å². The lowest BCUT2D eigenvalue weighted by Gasteiger charge is -2.28. The fraction of sp³-hybridized carbons (Fsp3) is 0.280. The quantitative estimate of drug-likeness (QED) is 0.443. The van der Waals surface area contributed by atoms with Gasteiger partial charge in [0.15, 0.2) is 5.03 Å². The number of carboxylic acids is 1. The first kappa shape index (κ1) is 25.2. The number of sulfonamides is 1. The molecule has 1 aromatic heterocycles. The molecule has 0 aliphatic rings. The molecule has 9 heteroatoms. The third-order valence-electron chi connectivity index (χ3n) is 5.37. The topological polar surface area (TPSA) is 96.8 Å². The number of hydrogen-bond acceptors (Lipinski definition) is 5. The molecule has 2 aromatic carbocycles. The van der Waals surface area contributed by atoms with Crippen molar-refractivity contribution >= 4 is 21.7 Å². The first-order chi connectivity index (χ1) is 16.1. The molecule has 0 aliphatic carbocycles. The van der Waals surface area contributed by atoms with Crippen molar-refractivity contribution in [2.75, 3.05) is 17.5 Å². The zero-order valence-electron chi connectivity index (χ0n) is 19.2. The number of aryl methyl sites for hydroxylation is 2. The summed E-state index contributed by atoms with van der Waals surface area (Å²) in [4.78, 5) is 15.1. The van der Waals surface area contributed by atoms with Crippen LogP contribution in [0, 0.1) is 19.8 Å². The van der Waals surface area contributed by atoms with Crippen LogP contribution in [0.5, 0.6) is 5.75 Å². The van der Waals surface area contributed by atoms with Gasteiger partial charge in [-0.15, -0.1) is 0 Å². The van der Waals surface area contributed by atoms with Crippen LogP contribution in [0.25, 0.3) is 0 Å². The summed E-state index contributed by atoms with van der Waals surface area (Å²) in [5.74, 6) is -1.27. The van der Waals surface area contributed by atoms with Gasteiger partial charge in [-0.05, 0) is 66.9 Å². The van der Waals surface area contributed by atoms with Crippen molar-refractivity contribution in [1.82, 2.24) is 4.98 Å². The Morgan fingerprint density at radius 2 is 1.79 bits per heavy atom. The van der Waals surface area contributed by atoms with E-state index in [2.05, 4.69) is 4.98 Å². The Morgan fingerprint density at radius 1 is 1.12 bits per heavy atom. The number of aromatic nitrogens is 1. The Kier molecular flexibility index (Phi) is 7.88. The molecule has 0 amide bonds. The van der Waals surface area contributed by atoms with Crippen LogP contribution in [0.3, 0.4) is 0 Å². The van der Waals surface area contributed by atoms with Gasteiger partial charge in [-0.3, -0.25) is 8.70 Å². The molecule has 0 spiro atoms. The van der Waals surface area contributed by atoms with Gasteiger partial charge in [0.05, 0.1) is 17.9 Å². The predicted octanol–water partition coefficient (Wildman–Crippen LogP) is 4.78. The van der Waals surface area contributed by atoms with Gasteiger partial charge in [-0.2, -0.15) is 8.42 Å². The molecule has 0 bridgehead atoms.